The molecule has 0 aliphatic carbocycles. The van der Waals surface area contributed by atoms with Crippen LogP contribution in [-0.4, -0.2) is 15.0 Å². The number of hydrogen-bond acceptors (Lipinski definition) is 3. The first-order chi connectivity index (χ1) is 7.88. The van der Waals surface area contributed by atoms with Crippen molar-refractivity contribution in [1.29, 1.82) is 0 Å². The van der Waals surface area contributed by atoms with E-state index in [-0.39, 0.29) is 6.61 Å². The van der Waals surface area contributed by atoms with Crippen LogP contribution in [0.4, 0.5) is 8.78 Å². The summed E-state index contributed by atoms with van der Waals surface area (Å²) in [5.41, 5.74) is 1.15. The molecule has 0 spiro atoms. The van der Waals surface area contributed by atoms with Crippen LogP contribution in [0.2, 0.25) is 0 Å². The molecule has 0 bridgehead atoms. The standard InChI is InChI=1S/C9H8ClF2NO3S/c10-4-1-5-16-6-2-3-7(17(13,14)15)9(12)8(6)11/h1-4H,5H2,(H2,13,14,15)/b4-1+. The Kier molecular flexibility index (Phi) is 4.44. The highest BCUT2D eigenvalue weighted by Crippen LogP contribution is 2.24. The number of nitrogens with two attached hydrogens (primary N) is 1. The fraction of sp³-hybridized carbons (Fsp3) is 0.111. The van der Waals surface area contributed by atoms with Crippen LogP contribution in [0.3, 0.4) is 0 Å². The monoisotopic (exact) mass is 283 g/mol. The van der Waals surface area contributed by atoms with Crippen LogP contribution >= 0.6 is 11.6 Å². The van der Waals surface area contributed by atoms with E-state index in [1.54, 1.807) is 0 Å². The Morgan fingerprint density at radius 3 is 2.53 bits per heavy atom. The van der Waals surface area contributed by atoms with Gasteiger partial charge in [0.1, 0.15) is 11.5 Å². The van der Waals surface area contributed by atoms with Crippen LogP contribution in [-0.2, 0) is 10.0 Å². The second-order valence-corrected chi connectivity index (χ2v) is 4.69. The summed E-state index contributed by atoms with van der Waals surface area (Å²) >= 11 is 5.20. The van der Waals surface area contributed by atoms with Gasteiger partial charge >= 0.3 is 0 Å². The normalized spacial score (nSPS) is 12.0. The lowest BCUT2D eigenvalue weighted by Crippen LogP contribution is -2.15. The molecule has 8 heteroatoms. The highest BCUT2D eigenvalue weighted by atomic mass is 35.5. The molecule has 0 fully saturated rings. The van der Waals surface area contributed by atoms with Gasteiger partial charge in [0, 0.05) is 5.54 Å². The van der Waals surface area contributed by atoms with E-state index in [1.165, 1.54) is 6.08 Å². The van der Waals surface area contributed by atoms with Crippen LogP contribution in [0.5, 0.6) is 5.75 Å². The van der Waals surface area contributed by atoms with Crippen molar-refractivity contribution >= 4 is 21.6 Å². The van der Waals surface area contributed by atoms with Crippen molar-refractivity contribution in [1.82, 2.24) is 0 Å². The number of sulfonamides is 1. The Morgan fingerprint density at radius 2 is 2.00 bits per heavy atom. The maximum absolute atomic E-state index is 13.3. The molecule has 0 saturated carbocycles. The van der Waals surface area contributed by atoms with Crippen molar-refractivity contribution < 1.29 is 21.9 Å². The van der Waals surface area contributed by atoms with Gasteiger partial charge in [0.15, 0.2) is 11.6 Å². The van der Waals surface area contributed by atoms with Crippen molar-refractivity contribution in [2.45, 2.75) is 4.90 Å². The largest absolute Gasteiger partial charge is 0.486 e. The minimum Gasteiger partial charge on any atom is -0.486 e. The summed E-state index contributed by atoms with van der Waals surface area (Å²) in [6.07, 6.45) is 1.35. The molecule has 0 aliphatic heterocycles. The van der Waals surface area contributed by atoms with Crippen LogP contribution in [0.1, 0.15) is 0 Å². The number of benzene rings is 1. The Hall–Kier alpha value is -1.18. The predicted molar refractivity (Wildman–Crippen MR) is 58.2 cm³/mol. The quantitative estimate of drug-likeness (QED) is 0.915. The highest BCUT2D eigenvalue weighted by molar-refractivity contribution is 7.89. The first kappa shape index (κ1) is 13.9. The molecular formula is C9H8ClF2NO3S. The van der Waals surface area contributed by atoms with Crippen LogP contribution in [0.15, 0.2) is 28.6 Å². The van der Waals surface area contributed by atoms with E-state index in [1.807, 2.05) is 0 Å². The lowest BCUT2D eigenvalue weighted by molar-refractivity contribution is 0.330. The molecule has 94 valence electrons. The molecule has 0 saturated heterocycles. The average molecular weight is 284 g/mol. The van der Waals surface area contributed by atoms with E-state index in [9.17, 15) is 17.2 Å². The number of ether oxygens (including phenoxy) is 1. The minimum atomic E-state index is -4.30. The van der Waals surface area contributed by atoms with Gasteiger partial charge in [-0.1, -0.05) is 11.6 Å². The molecule has 0 atom stereocenters. The Labute approximate surface area is 102 Å². The summed E-state index contributed by atoms with van der Waals surface area (Å²) in [6, 6.07) is 1.80. The Bertz CT molecular complexity index is 545. The van der Waals surface area contributed by atoms with Crippen molar-refractivity contribution in [3.63, 3.8) is 0 Å². The Balaban J connectivity index is 3.11. The Morgan fingerprint density at radius 1 is 1.35 bits per heavy atom. The molecule has 0 aromatic heterocycles. The minimum absolute atomic E-state index is 0.0748. The fourth-order valence-corrected chi connectivity index (χ4v) is 1.69. The van der Waals surface area contributed by atoms with E-state index in [0.29, 0.717) is 0 Å². The molecule has 1 rings (SSSR count). The van der Waals surface area contributed by atoms with Crippen molar-refractivity contribution in [3.8, 4) is 5.75 Å². The van der Waals surface area contributed by atoms with Crippen molar-refractivity contribution in [3.05, 3.63) is 35.4 Å². The molecule has 0 aliphatic rings. The van der Waals surface area contributed by atoms with Gasteiger partial charge in [-0.2, -0.15) is 4.39 Å². The summed E-state index contributed by atoms with van der Waals surface area (Å²) in [4.78, 5) is -0.921. The molecule has 0 heterocycles. The van der Waals surface area contributed by atoms with E-state index in [2.05, 4.69) is 0 Å². The summed E-state index contributed by atoms with van der Waals surface area (Å²) in [7, 11) is -4.30. The smallest absolute Gasteiger partial charge is 0.241 e. The van der Waals surface area contributed by atoms with Crippen molar-refractivity contribution in [2.24, 2.45) is 5.14 Å². The third-order valence-electron chi connectivity index (χ3n) is 1.74. The molecular weight excluding hydrogens is 276 g/mol. The maximum Gasteiger partial charge on any atom is 0.241 e. The molecule has 0 unspecified atom stereocenters. The van der Waals surface area contributed by atoms with Crippen LogP contribution < -0.4 is 9.88 Å². The van der Waals surface area contributed by atoms with Gasteiger partial charge in [-0.15, -0.1) is 0 Å². The van der Waals surface area contributed by atoms with Crippen LogP contribution in [0, 0.1) is 11.6 Å². The number of halogens is 3. The van der Waals surface area contributed by atoms with Gasteiger partial charge in [0.25, 0.3) is 0 Å². The van der Waals surface area contributed by atoms with Gasteiger partial charge in [-0.05, 0) is 18.2 Å². The predicted octanol–water partition coefficient (Wildman–Crippen LogP) is 1.74. The van der Waals surface area contributed by atoms with Gasteiger partial charge in [0.2, 0.25) is 15.8 Å². The lowest BCUT2D eigenvalue weighted by atomic mass is 10.3. The third-order valence-corrected chi connectivity index (χ3v) is 2.85. The van der Waals surface area contributed by atoms with E-state index < -0.39 is 32.3 Å². The summed E-state index contributed by atoms with van der Waals surface area (Å²) in [6.45, 7) is -0.0748. The zero-order chi connectivity index (χ0) is 13.1. The number of hydrogen-bond donors (Lipinski definition) is 1. The van der Waals surface area contributed by atoms with Crippen molar-refractivity contribution in [2.75, 3.05) is 6.61 Å². The van der Waals surface area contributed by atoms with Gasteiger partial charge in [-0.25, -0.2) is 17.9 Å². The van der Waals surface area contributed by atoms with Crippen LogP contribution in [0.25, 0.3) is 0 Å². The topological polar surface area (TPSA) is 69.4 Å². The first-order valence-electron chi connectivity index (χ1n) is 4.26. The molecule has 4 nitrogen and oxygen atoms in total. The second-order valence-electron chi connectivity index (χ2n) is 2.91. The highest BCUT2D eigenvalue weighted by Gasteiger charge is 2.21. The molecule has 0 amide bonds. The molecule has 0 radical (unpaired) electrons. The summed E-state index contributed by atoms with van der Waals surface area (Å²) in [5.74, 6) is -3.41. The zero-order valence-electron chi connectivity index (χ0n) is 8.36. The fourth-order valence-electron chi connectivity index (χ4n) is 1.02. The van der Waals surface area contributed by atoms with Gasteiger partial charge in [0.05, 0.1) is 0 Å². The zero-order valence-corrected chi connectivity index (χ0v) is 9.93. The molecule has 1 aromatic carbocycles. The maximum atomic E-state index is 13.3. The second kappa shape index (κ2) is 5.44. The van der Waals surface area contributed by atoms with E-state index in [4.69, 9.17) is 21.5 Å². The van der Waals surface area contributed by atoms with Gasteiger partial charge in [-0.3, -0.25) is 0 Å². The number of primary sulfonamides is 1. The molecule has 17 heavy (non-hydrogen) atoms. The number of rotatable bonds is 4. The SMILES string of the molecule is NS(=O)(=O)c1ccc(OC/C=C/Cl)c(F)c1F. The lowest BCUT2D eigenvalue weighted by Gasteiger charge is -2.07. The van der Waals surface area contributed by atoms with E-state index in [0.717, 1.165) is 17.7 Å². The summed E-state index contributed by atoms with van der Waals surface area (Å²) < 4.78 is 53.2. The van der Waals surface area contributed by atoms with Gasteiger partial charge < -0.3 is 4.74 Å². The first-order valence-corrected chi connectivity index (χ1v) is 6.25. The third kappa shape index (κ3) is 3.39. The molecule has 1 aromatic rings. The summed E-state index contributed by atoms with van der Waals surface area (Å²) in [5, 5.41) is 4.69. The molecule has 2 N–H and O–H groups in total. The van der Waals surface area contributed by atoms with E-state index >= 15 is 0 Å². The average Bonchev–Trinajstić information content (AvgIpc) is 2.23.